The summed E-state index contributed by atoms with van der Waals surface area (Å²) in [7, 11) is 4.57. The van der Waals surface area contributed by atoms with E-state index in [-0.39, 0.29) is 52.9 Å². The Bertz CT molecular complexity index is 3950. The first-order chi connectivity index (χ1) is 44.9. The van der Waals surface area contributed by atoms with E-state index in [1.54, 1.807) is 111 Å². The summed E-state index contributed by atoms with van der Waals surface area (Å²) in [5, 5.41) is 38.9. The number of aryl methyl sites for hydroxylation is 3. The minimum Gasteiger partial charge on any atom is -0.497 e. The molecule has 0 radical (unpaired) electrons. The van der Waals surface area contributed by atoms with Gasteiger partial charge in [0.1, 0.15) is 113 Å². The molecule has 10 rings (SSSR count). The summed E-state index contributed by atoms with van der Waals surface area (Å²) in [5.41, 5.74) is 8.45. The number of ether oxygens (including phenoxy) is 6. The Hall–Kier alpha value is -11.8. The summed E-state index contributed by atoms with van der Waals surface area (Å²) >= 11 is 0. The van der Waals surface area contributed by atoms with Crippen LogP contribution in [-0.2, 0) is 19.6 Å². The van der Waals surface area contributed by atoms with Crippen LogP contribution in [0, 0.1) is 0 Å². The minimum atomic E-state index is -1.05. The van der Waals surface area contributed by atoms with Gasteiger partial charge in [0, 0.05) is 19.6 Å². The van der Waals surface area contributed by atoms with Crippen LogP contribution in [0.2, 0.25) is 0 Å². The molecule has 1 aliphatic heterocycles. The van der Waals surface area contributed by atoms with Gasteiger partial charge in [0.15, 0.2) is 17.5 Å². The quantitative estimate of drug-likeness (QED) is 0.0362. The number of fused-ring (bicyclic) bond motifs is 5. The van der Waals surface area contributed by atoms with Crippen molar-refractivity contribution in [2.75, 3.05) is 57.5 Å². The molecule has 500 valence electrons. The van der Waals surface area contributed by atoms with Crippen LogP contribution >= 0.6 is 0 Å². The zero-order valence-electron chi connectivity index (χ0n) is 51.5. The molecule has 0 unspecified atom stereocenters. The first-order valence-electron chi connectivity index (χ1n) is 29.1. The van der Waals surface area contributed by atoms with Gasteiger partial charge in [-0.1, -0.05) is 90.1 Å². The van der Waals surface area contributed by atoms with Crippen LogP contribution in [0.15, 0.2) is 191 Å². The molecular formula is C70H85N15O10. The van der Waals surface area contributed by atoms with E-state index in [2.05, 4.69) is 88.6 Å². The maximum atomic E-state index is 13.0. The SMILES string of the molecule is C.C.C.C=CCCCn1cnnc1-c1cccc(N)n1.C=CCCCn1cnnc1-c1cccc(NC(=O)c2cc(OC)ccc2OCC=C)n1.C=CCOc1ccc(OC)cc1C(=O)O.COc1ccc2c(c1)C(=O)Nc1cccc(n1)-c1nncn1CCC/C=C/CO2. The number of nitrogens with zero attached hydrogens (tertiary/aromatic N) is 12. The van der Waals surface area contributed by atoms with Gasteiger partial charge in [-0.05, 0) is 130 Å². The molecule has 25 nitrogen and oxygen atoms in total. The third kappa shape index (κ3) is 22.5. The number of carboxylic acid groups (broad SMARTS) is 1. The van der Waals surface area contributed by atoms with Crippen LogP contribution in [-0.4, -0.2) is 123 Å². The van der Waals surface area contributed by atoms with Gasteiger partial charge < -0.3 is 63.6 Å². The number of hydrogen-bond acceptors (Lipinski definition) is 19. The van der Waals surface area contributed by atoms with E-state index >= 15 is 0 Å². The monoisotopic (exact) mass is 1300 g/mol. The first kappa shape index (κ1) is 75.7. The molecule has 0 saturated carbocycles. The molecule has 0 spiro atoms. The zero-order chi connectivity index (χ0) is 65.5. The molecule has 9 aromatic rings. The van der Waals surface area contributed by atoms with Gasteiger partial charge in [0.25, 0.3) is 11.8 Å². The second kappa shape index (κ2) is 40.2. The molecule has 95 heavy (non-hydrogen) atoms. The Morgan fingerprint density at radius 2 is 1.18 bits per heavy atom. The molecule has 0 saturated heterocycles. The maximum absolute atomic E-state index is 13.0. The number of nitrogen functional groups attached to an aromatic ring is 1. The number of nitrogens with two attached hydrogens (primary N) is 1. The van der Waals surface area contributed by atoms with E-state index in [0.717, 1.165) is 69.7 Å². The Morgan fingerprint density at radius 3 is 1.77 bits per heavy atom. The number of carboxylic acids is 1. The topological polar surface area (TPSA) is 308 Å². The predicted octanol–water partition coefficient (Wildman–Crippen LogP) is 13.2. The summed E-state index contributed by atoms with van der Waals surface area (Å²) in [5.74, 6) is 4.43. The Kier molecular flexibility index (Phi) is 32.0. The number of aromatic nitrogens is 12. The predicted molar refractivity (Wildman–Crippen MR) is 370 cm³/mol. The van der Waals surface area contributed by atoms with Crippen molar-refractivity contribution in [3.05, 3.63) is 208 Å². The number of unbranched alkanes of at least 4 members (excludes halogenated alkanes) is 2. The molecule has 0 atom stereocenters. The van der Waals surface area contributed by atoms with Crippen molar-refractivity contribution in [2.24, 2.45) is 0 Å². The summed E-state index contributed by atoms with van der Waals surface area (Å²) in [6.07, 6.45) is 21.7. The third-order valence-electron chi connectivity index (χ3n) is 13.2. The van der Waals surface area contributed by atoms with E-state index in [1.165, 1.54) is 20.3 Å². The lowest BCUT2D eigenvalue weighted by Gasteiger charge is -2.13. The molecule has 1 aliphatic rings. The van der Waals surface area contributed by atoms with E-state index in [0.29, 0.717) is 92.7 Å². The van der Waals surface area contributed by atoms with Gasteiger partial charge in [-0.15, -0.1) is 43.7 Å². The second-order valence-corrected chi connectivity index (χ2v) is 19.6. The highest BCUT2D eigenvalue weighted by Gasteiger charge is 2.20. The highest BCUT2D eigenvalue weighted by atomic mass is 16.5. The van der Waals surface area contributed by atoms with Gasteiger partial charge in [-0.25, -0.2) is 19.7 Å². The van der Waals surface area contributed by atoms with Gasteiger partial charge in [0.2, 0.25) is 0 Å². The number of methoxy groups -OCH3 is 3. The number of allylic oxidation sites excluding steroid dienone is 3. The lowest BCUT2D eigenvalue weighted by atomic mass is 10.1. The molecule has 2 amide bonds. The van der Waals surface area contributed by atoms with Gasteiger partial charge in [-0.3, -0.25) is 9.59 Å². The highest BCUT2D eigenvalue weighted by molar-refractivity contribution is 6.07. The van der Waals surface area contributed by atoms with E-state index in [4.69, 9.17) is 39.3 Å². The van der Waals surface area contributed by atoms with Crippen molar-refractivity contribution in [1.82, 2.24) is 59.2 Å². The minimum absolute atomic E-state index is 0. The van der Waals surface area contributed by atoms with Crippen LogP contribution < -0.4 is 44.8 Å². The normalized spacial score (nSPS) is 11.4. The fraction of sp³-hybridized carbons (Fsp3) is 0.257. The van der Waals surface area contributed by atoms with E-state index in [9.17, 15) is 14.4 Å². The van der Waals surface area contributed by atoms with Crippen molar-refractivity contribution in [1.29, 1.82) is 0 Å². The number of carbonyl (C=O) groups excluding carboxylic acids is 2. The molecule has 2 bridgehead atoms. The molecule has 0 aliphatic carbocycles. The number of pyridine rings is 3. The van der Waals surface area contributed by atoms with Crippen LogP contribution in [0.5, 0.6) is 34.5 Å². The zero-order valence-corrected chi connectivity index (χ0v) is 51.5. The smallest absolute Gasteiger partial charge is 0.339 e. The number of nitrogens with one attached hydrogen (secondary N) is 2. The standard InChI is InChI=1S/C23H25N5O3.C21H21N5O3.C12H15N5.C11H12O4.3CH4/c1-4-6-7-13-28-16-24-27-22(28)19-9-8-10-21(25-19)26-23(29)18-15-17(30-3)11-12-20(18)31-14-5-2;1-28-15-9-10-18-16(13-15)21(27)24-19-8-6-7-17(23-19)20-25-22-14-26(20)11-4-2-3-5-12-29-18;1-2-3-4-8-17-9-14-16-12(17)10-6-5-7-11(13)15-10;1-3-6-15-10-5-4-8(14-2)7-9(10)11(12)13;;;/h4-5,8-12,15-16H,1-2,6-7,13-14H2,3H3,(H,25,26,29);3,5-10,13-14H,2,4,11-12H2,1H3,(H,23,24,27);2,5-7,9H,1,3-4,8H2,(H2,13,15);3-5,7H,1,6H2,2H3,(H,12,13);3*1H4/b;5-3+;;;;;. The summed E-state index contributed by atoms with van der Waals surface area (Å²) in [6, 6.07) is 31.0. The van der Waals surface area contributed by atoms with Crippen molar-refractivity contribution in [2.45, 2.75) is 80.4 Å². The number of hydrogen-bond donors (Lipinski definition) is 4. The number of amides is 2. The lowest BCUT2D eigenvalue weighted by Crippen LogP contribution is -2.15. The Balaban J connectivity index is 0.000000278. The van der Waals surface area contributed by atoms with E-state index < -0.39 is 5.97 Å². The molecule has 0 fully saturated rings. The van der Waals surface area contributed by atoms with Crippen LogP contribution in [0.25, 0.3) is 34.6 Å². The number of benzene rings is 3. The summed E-state index contributed by atoms with van der Waals surface area (Å²) in [6.45, 7) is 17.9. The van der Waals surface area contributed by atoms with Gasteiger partial charge in [-0.2, -0.15) is 0 Å². The summed E-state index contributed by atoms with van der Waals surface area (Å²) in [4.78, 5) is 50.1. The van der Waals surface area contributed by atoms with Crippen LogP contribution in [0.3, 0.4) is 0 Å². The van der Waals surface area contributed by atoms with Gasteiger partial charge in [0.05, 0.1) is 32.5 Å². The largest absolute Gasteiger partial charge is 0.497 e. The molecule has 6 aromatic heterocycles. The van der Waals surface area contributed by atoms with Crippen molar-refractivity contribution < 1.29 is 47.9 Å². The number of carbonyl (C=O) groups is 3. The maximum Gasteiger partial charge on any atom is 0.339 e. The average Bonchev–Trinajstić information content (AvgIpc) is 1.80. The summed E-state index contributed by atoms with van der Waals surface area (Å²) < 4.78 is 37.9. The van der Waals surface area contributed by atoms with Crippen molar-refractivity contribution in [3.8, 4) is 69.1 Å². The average molecular weight is 1300 g/mol. The molecule has 7 heterocycles. The molecular weight excluding hydrogens is 1210 g/mol. The number of rotatable bonds is 22. The number of anilines is 3. The molecule has 25 heteroatoms. The third-order valence-corrected chi connectivity index (χ3v) is 13.2. The van der Waals surface area contributed by atoms with Gasteiger partial charge >= 0.3 is 5.97 Å². The van der Waals surface area contributed by atoms with Crippen LogP contribution in [0.1, 0.15) is 91.9 Å². The van der Waals surface area contributed by atoms with Crippen LogP contribution in [0.4, 0.5) is 17.5 Å². The Morgan fingerprint density at radius 1 is 0.642 bits per heavy atom. The Labute approximate surface area is 554 Å². The highest BCUT2D eigenvalue weighted by Crippen LogP contribution is 2.29. The fourth-order valence-electron chi connectivity index (χ4n) is 8.67. The molecule has 3 aromatic carbocycles. The fourth-order valence-corrected chi connectivity index (χ4v) is 8.67. The van der Waals surface area contributed by atoms with E-state index in [1.807, 2.05) is 62.3 Å². The second-order valence-electron chi connectivity index (χ2n) is 19.6. The lowest BCUT2D eigenvalue weighted by molar-refractivity contribution is 0.0691. The van der Waals surface area contributed by atoms with Crippen molar-refractivity contribution >= 4 is 35.2 Å². The first-order valence-corrected chi connectivity index (χ1v) is 29.1. The number of aromatic carboxylic acids is 1. The van der Waals surface area contributed by atoms with Crippen molar-refractivity contribution in [3.63, 3.8) is 0 Å². The molecule has 5 N–H and O–H groups in total.